The molecule has 0 aromatic carbocycles. The number of hydrogen-bond acceptors (Lipinski definition) is 4. The Morgan fingerprint density at radius 3 is 2.33 bits per heavy atom. The van der Waals surface area contributed by atoms with Crippen LogP contribution >= 0.6 is 0 Å². The number of hydrogen-bond donors (Lipinski definition) is 1. The number of aryl methyl sites for hydroxylation is 2. The first-order chi connectivity index (χ1) is 8.25. The van der Waals surface area contributed by atoms with Crippen LogP contribution in [0.1, 0.15) is 18.3 Å². The van der Waals surface area contributed by atoms with Crippen LogP contribution in [0.4, 0.5) is 0 Å². The van der Waals surface area contributed by atoms with Crippen molar-refractivity contribution < 1.29 is 8.42 Å². The van der Waals surface area contributed by atoms with Gasteiger partial charge in [0.1, 0.15) is 4.90 Å². The molecule has 1 aromatic heterocycles. The van der Waals surface area contributed by atoms with Gasteiger partial charge in [0.05, 0.1) is 11.4 Å². The Labute approximate surface area is 108 Å². The van der Waals surface area contributed by atoms with E-state index in [0.717, 1.165) is 0 Å². The fraction of sp³-hybridized carbons (Fsp3) is 0.727. The third-order valence-electron chi connectivity index (χ3n) is 3.68. The molecule has 1 aromatic rings. The Balaban J connectivity index is 2.44. The van der Waals surface area contributed by atoms with Gasteiger partial charge >= 0.3 is 0 Å². The third kappa shape index (κ3) is 1.96. The van der Waals surface area contributed by atoms with E-state index in [1.54, 1.807) is 25.6 Å². The maximum Gasteiger partial charge on any atom is 0.246 e. The van der Waals surface area contributed by atoms with Crippen molar-refractivity contribution >= 4 is 10.0 Å². The van der Waals surface area contributed by atoms with Gasteiger partial charge in [-0.2, -0.15) is 9.40 Å². The molecule has 18 heavy (non-hydrogen) atoms. The molecule has 2 unspecified atom stereocenters. The molecule has 1 saturated heterocycles. The molecule has 102 valence electrons. The molecule has 7 heteroatoms. The standard InChI is InChI=1S/C11H20N4O2S/c1-7-5-15(6-10(7)12)18(16,17)11-8(2)13-14(4)9(11)3/h7,10H,5-6,12H2,1-4H3. The molecule has 2 atom stereocenters. The van der Waals surface area contributed by atoms with Gasteiger partial charge in [0, 0.05) is 26.2 Å². The van der Waals surface area contributed by atoms with Crippen molar-refractivity contribution in [2.75, 3.05) is 13.1 Å². The molecule has 1 aliphatic rings. The van der Waals surface area contributed by atoms with Crippen LogP contribution in [0.15, 0.2) is 4.90 Å². The van der Waals surface area contributed by atoms with E-state index < -0.39 is 10.0 Å². The predicted molar refractivity (Wildman–Crippen MR) is 68.6 cm³/mol. The van der Waals surface area contributed by atoms with Gasteiger partial charge < -0.3 is 5.73 Å². The van der Waals surface area contributed by atoms with E-state index in [4.69, 9.17) is 5.73 Å². The Morgan fingerprint density at radius 1 is 1.33 bits per heavy atom. The fourth-order valence-electron chi connectivity index (χ4n) is 2.40. The van der Waals surface area contributed by atoms with E-state index in [2.05, 4.69) is 5.10 Å². The van der Waals surface area contributed by atoms with Crippen LogP contribution in [0.3, 0.4) is 0 Å². The highest BCUT2D eigenvalue weighted by molar-refractivity contribution is 7.89. The van der Waals surface area contributed by atoms with Crippen LogP contribution < -0.4 is 5.73 Å². The second kappa shape index (κ2) is 4.32. The average Bonchev–Trinajstić information content (AvgIpc) is 2.70. The molecule has 0 aliphatic carbocycles. The fourth-order valence-corrected chi connectivity index (χ4v) is 4.38. The summed E-state index contributed by atoms with van der Waals surface area (Å²) in [5.41, 5.74) is 7.11. The number of sulfonamides is 1. The topological polar surface area (TPSA) is 81.2 Å². The Kier molecular flexibility index (Phi) is 3.25. The molecule has 2 heterocycles. The number of nitrogens with zero attached hydrogens (tertiary/aromatic N) is 3. The van der Waals surface area contributed by atoms with Crippen LogP contribution in [-0.4, -0.2) is 41.6 Å². The molecular weight excluding hydrogens is 252 g/mol. The number of aromatic nitrogens is 2. The van der Waals surface area contributed by atoms with Crippen molar-refractivity contribution in [1.82, 2.24) is 14.1 Å². The lowest BCUT2D eigenvalue weighted by Gasteiger charge is -2.16. The Bertz CT molecular complexity index is 554. The van der Waals surface area contributed by atoms with Crippen LogP contribution in [-0.2, 0) is 17.1 Å². The SMILES string of the molecule is Cc1nn(C)c(C)c1S(=O)(=O)N1CC(C)C(N)C1. The summed E-state index contributed by atoms with van der Waals surface area (Å²) in [4.78, 5) is 0.325. The highest BCUT2D eigenvalue weighted by Crippen LogP contribution is 2.27. The first-order valence-electron chi connectivity index (χ1n) is 6.01. The molecule has 0 spiro atoms. The summed E-state index contributed by atoms with van der Waals surface area (Å²) in [6.45, 7) is 6.34. The monoisotopic (exact) mass is 272 g/mol. The minimum absolute atomic E-state index is 0.0861. The van der Waals surface area contributed by atoms with E-state index in [0.29, 0.717) is 29.4 Å². The maximum absolute atomic E-state index is 12.6. The zero-order valence-corrected chi connectivity index (χ0v) is 12.0. The molecule has 0 saturated carbocycles. The van der Waals surface area contributed by atoms with Gasteiger partial charge in [-0.1, -0.05) is 6.92 Å². The minimum atomic E-state index is -3.48. The van der Waals surface area contributed by atoms with E-state index in [1.165, 1.54) is 4.31 Å². The smallest absolute Gasteiger partial charge is 0.246 e. The van der Waals surface area contributed by atoms with Gasteiger partial charge in [-0.3, -0.25) is 4.68 Å². The summed E-state index contributed by atoms with van der Waals surface area (Å²) in [5, 5.41) is 4.17. The largest absolute Gasteiger partial charge is 0.326 e. The van der Waals surface area contributed by atoms with Gasteiger partial charge in [0.15, 0.2) is 0 Å². The Morgan fingerprint density at radius 2 is 1.94 bits per heavy atom. The average molecular weight is 272 g/mol. The summed E-state index contributed by atoms with van der Waals surface area (Å²) in [5.74, 6) is 0.192. The summed E-state index contributed by atoms with van der Waals surface area (Å²) < 4.78 is 28.3. The van der Waals surface area contributed by atoms with Crippen LogP contribution in [0.5, 0.6) is 0 Å². The number of nitrogens with two attached hydrogens (primary N) is 1. The van der Waals surface area contributed by atoms with Gasteiger partial charge in [-0.25, -0.2) is 8.42 Å². The molecule has 6 nitrogen and oxygen atoms in total. The maximum atomic E-state index is 12.6. The molecule has 1 aliphatic heterocycles. The van der Waals surface area contributed by atoms with E-state index in [1.807, 2.05) is 6.92 Å². The van der Waals surface area contributed by atoms with E-state index in [9.17, 15) is 8.42 Å². The first kappa shape index (κ1) is 13.5. The highest BCUT2D eigenvalue weighted by atomic mass is 32.2. The number of rotatable bonds is 2. The first-order valence-corrected chi connectivity index (χ1v) is 7.45. The van der Waals surface area contributed by atoms with Gasteiger partial charge in [0.2, 0.25) is 10.0 Å². The lowest BCUT2D eigenvalue weighted by molar-refractivity contribution is 0.463. The van der Waals surface area contributed by atoms with Crippen LogP contribution in [0, 0.1) is 19.8 Å². The summed E-state index contributed by atoms with van der Waals surface area (Å²) in [6.07, 6.45) is 0. The third-order valence-corrected chi connectivity index (χ3v) is 5.76. The summed E-state index contributed by atoms with van der Waals surface area (Å²) in [7, 11) is -1.73. The van der Waals surface area contributed by atoms with E-state index in [-0.39, 0.29) is 12.0 Å². The molecular formula is C11H20N4O2S. The van der Waals surface area contributed by atoms with Gasteiger partial charge in [0.25, 0.3) is 0 Å². The summed E-state index contributed by atoms with van der Waals surface area (Å²) >= 11 is 0. The molecule has 2 rings (SSSR count). The second-order valence-electron chi connectivity index (χ2n) is 5.09. The zero-order chi connectivity index (χ0) is 13.7. The molecule has 0 radical (unpaired) electrons. The Hall–Kier alpha value is -0.920. The lowest BCUT2D eigenvalue weighted by Crippen LogP contribution is -2.32. The normalized spacial score (nSPS) is 25.8. The van der Waals surface area contributed by atoms with Crippen molar-refractivity contribution in [3.63, 3.8) is 0 Å². The van der Waals surface area contributed by atoms with E-state index >= 15 is 0 Å². The quantitative estimate of drug-likeness (QED) is 0.822. The molecule has 0 amide bonds. The minimum Gasteiger partial charge on any atom is -0.326 e. The highest BCUT2D eigenvalue weighted by Gasteiger charge is 2.37. The van der Waals surface area contributed by atoms with Gasteiger partial charge in [-0.05, 0) is 19.8 Å². The molecule has 1 fully saturated rings. The second-order valence-corrected chi connectivity index (χ2v) is 6.96. The zero-order valence-electron chi connectivity index (χ0n) is 11.2. The van der Waals surface area contributed by atoms with Crippen LogP contribution in [0.25, 0.3) is 0 Å². The van der Waals surface area contributed by atoms with Crippen molar-refractivity contribution in [3.05, 3.63) is 11.4 Å². The predicted octanol–water partition coefficient (Wildman–Crippen LogP) is 0.00464. The molecule has 0 bridgehead atoms. The van der Waals surface area contributed by atoms with Gasteiger partial charge in [-0.15, -0.1) is 0 Å². The molecule has 2 N–H and O–H groups in total. The lowest BCUT2D eigenvalue weighted by atomic mass is 10.1. The van der Waals surface area contributed by atoms with Crippen molar-refractivity contribution in [3.8, 4) is 0 Å². The van der Waals surface area contributed by atoms with Crippen molar-refractivity contribution in [1.29, 1.82) is 0 Å². The van der Waals surface area contributed by atoms with Crippen LogP contribution in [0.2, 0.25) is 0 Å². The van der Waals surface area contributed by atoms with Crippen molar-refractivity contribution in [2.24, 2.45) is 18.7 Å². The summed E-state index contributed by atoms with van der Waals surface area (Å²) in [6, 6.07) is -0.0861. The van der Waals surface area contributed by atoms with Crippen molar-refractivity contribution in [2.45, 2.75) is 31.7 Å².